The number of hydrogen-bond donors (Lipinski definition) is 1. The van der Waals surface area contributed by atoms with Crippen LogP contribution in [0.25, 0.3) is 0 Å². The zero-order chi connectivity index (χ0) is 18.1. The summed E-state index contributed by atoms with van der Waals surface area (Å²) in [6.07, 6.45) is 3.80. The third kappa shape index (κ3) is 5.43. The Morgan fingerprint density at radius 3 is 2.36 bits per heavy atom. The molecule has 4 nitrogen and oxygen atoms in total. The van der Waals surface area contributed by atoms with Crippen molar-refractivity contribution in [3.63, 3.8) is 0 Å². The minimum absolute atomic E-state index is 0.131. The Morgan fingerprint density at radius 2 is 1.68 bits per heavy atom. The van der Waals surface area contributed by atoms with Gasteiger partial charge in [0.15, 0.2) is 11.5 Å². The predicted octanol–water partition coefficient (Wildman–Crippen LogP) is 5.24. The van der Waals surface area contributed by atoms with Crippen molar-refractivity contribution in [1.29, 1.82) is 0 Å². The lowest BCUT2D eigenvalue weighted by Crippen LogP contribution is -2.13. The van der Waals surface area contributed by atoms with Gasteiger partial charge in [-0.05, 0) is 43.4 Å². The Kier molecular flexibility index (Phi) is 7.67. The van der Waals surface area contributed by atoms with Gasteiger partial charge in [0.1, 0.15) is 0 Å². The van der Waals surface area contributed by atoms with Gasteiger partial charge < -0.3 is 14.8 Å². The van der Waals surface area contributed by atoms with E-state index in [4.69, 9.17) is 9.47 Å². The molecule has 0 radical (unpaired) electrons. The van der Waals surface area contributed by atoms with Gasteiger partial charge in [-0.3, -0.25) is 4.79 Å². The molecule has 2 aromatic carbocycles. The van der Waals surface area contributed by atoms with Crippen molar-refractivity contribution in [3.8, 4) is 11.5 Å². The number of ether oxygens (including phenoxy) is 2. The monoisotopic (exact) mass is 359 g/mol. The molecule has 0 aliphatic carbocycles. The molecule has 134 valence electrons. The normalized spacial score (nSPS) is 10.4. The van der Waals surface area contributed by atoms with E-state index in [1.165, 1.54) is 0 Å². The number of carbonyl (C=O) groups excluding carboxylic acids is 1. The predicted molar refractivity (Wildman–Crippen MR) is 104 cm³/mol. The summed E-state index contributed by atoms with van der Waals surface area (Å²) < 4.78 is 11.5. The zero-order valence-corrected chi connectivity index (χ0v) is 15.8. The maximum atomic E-state index is 12.6. The van der Waals surface area contributed by atoms with Crippen molar-refractivity contribution < 1.29 is 14.3 Å². The fraction of sp³-hybridized carbons (Fsp3) is 0.350. The molecular weight excluding hydrogens is 334 g/mol. The second-order valence-corrected chi connectivity index (χ2v) is 6.36. The molecular formula is C20H25NO3S. The van der Waals surface area contributed by atoms with Crippen molar-refractivity contribution in [2.45, 2.75) is 31.6 Å². The molecule has 0 aliphatic heterocycles. The van der Waals surface area contributed by atoms with Crippen molar-refractivity contribution in [2.24, 2.45) is 0 Å². The molecule has 0 spiro atoms. The van der Waals surface area contributed by atoms with E-state index in [0.717, 1.165) is 17.7 Å². The lowest BCUT2D eigenvalue weighted by molar-refractivity contribution is 0.102. The van der Waals surface area contributed by atoms with Gasteiger partial charge in [-0.25, -0.2) is 0 Å². The summed E-state index contributed by atoms with van der Waals surface area (Å²) in [5.74, 6) is 1.23. The van der Waals surface area contributed by atoms with Crippen molar-refractivity contribution in [1.82, 2.24) is 0 Å². The average molecular weight is 359 g/mol. The van der Waals surface area contributed by atoms with Gasteiger partial charge >= 0.3 is 0 Å². The van der Waals surface area contributed by atoms with Crippen LogP contribution in [0, 0.1) is 0 Å². The molecule has 25 heavy (non-hydrogen) atoms. The van der Waals surface area contributed by atoms with Gasteiger partial charge in [-0.2, -0.15) is 0 Å². The van der Waals surface area contributed by atoms with Crippen LogP contribution in [0.15, 0.2) is 47.4 Å². The zero-order valence-electron chi connectivity index (χ0n) is 15.0. The van der Waals surface area contributed by atoms with Gasteiger partial charge in [0.25, 0.3) is 5.91 Å². The summed E-state index contributed by atoms with van der Waals surface area (Å²) in [4.78, 5) is 13.5. The van der Waals surface area contributed by atoms with E-state index in [1.807, 2.05) is 48.7 Å². The highest BCUT2D eigenvalue weighted by molar-refractivity contribution is 7.98. The summed E-state index contributed by atoms with van der Waals surface area (Å²) in [6.45, 7) is 5.35. The van der Waals surface area contributed by atoms with Crippen LogP contribution in [0.4, 0.5) is 5.69 Å². The maximum Gasteiger partial charge on any atom is 0.256 e. The topological polar surface area (TPSA) is 47.6 Å². The number of anilines is 1. The van der Waals surface area contributed by atoms with Crippen molar-refractivity contribution in [2.75, 3.05) is 24.8 Å². The molecule has 1 N–H and O–H groups in total. The van der Waals surface area contributed by atoms with Crippen LogP contribution >= 0.6 is 11.8 Å². The summed E-state index contributed by atoms with van der Waals surface area (Å²) in [5, 5.41) is 2.95. The van der Waals surface area contributed by atoms with Gasteiger partial charge in [-0.15, -0.1) is 11.8 Å². The largest absolute Gasteiger partial charge is 0.490 e. The number of rotatable bonds is 9. The first kappa shape index (κ1) is 19.2. The van der Waals surface area contributed by atoms with Crippen LogP contribution in [0.2, 0.25) is 0 Å². The maximum absolute atomic E-state index is 12.6. The summed E-state index contributed by atoms with van der Waals surface area (Å²) in [6, 6.07) is 13.1. The number of carbonyl (C=O) groups is 1. The minimum atomic E-state index is -0.131. The van der Waals surface area contributed by atoms with E-state index in [0.29, 0.717) is 36.0 Å². The molecule has 0 aromatic heterocycles. The quantitative estimate of drug-likeness (QED) is 0.622. The van der Waals surface area contributed by atoms with E-state index in [-0.39, 0.29) is 5.91 Å². The van der Waals surface area contributed by atoms with Crippen molar-refractivity contribution >= 4 is 23.4 Å². The molecule has 0 bridgehead atoms. The lowest BCUT2D eigenvalue weighted by Gasteiger charge is -2.14. The Hall–Kier alpha value is -2.14. The molecule has 2 aromatic rings. The number of benzene rings is 2. The fourth-order valence-electron chi connectivity index (χ4n) is 2.27. The van der Waals surface area contributed by atoms with Crippen LogP contribution in [0.5, 0.6) is 11.5 Å². The van der Waals surface area contributed by atoms with Crippen LogP contribution in [0.1, 0.15) is 37.0 Å². The van der Waals surface area contributed by atoms with Crippen LogP contribution in [0.3, 0.4) is 0 Å². The highest BCUT2D eigenvalue weighted by atomic mass is 32.2. The van der Waals surface area contributed by atoms with Gasteiger partial charge in [0.05, 0.1) is 18.8 Å². The minimum Gasteiger partial charge on any atom is -0.490 e. The first-order valence-corrected chi connectivity index (χ1v) is 9.76. The highest BCUT2D eigenvalue weighted by Crippen LogP contribution is 2.31. The molecule has 1 amide bonds. The summed E-state index contributed by atoms with van der Waals surface area (Å²) in [7, 11) is 0. The lowest BCUT2D eigenvalue weighted by atomic mass is 10.2. The molecule has 0 atom stereocenters. The smallest absolute Gasteiger partial charge is 0.256 e. The molecule has 0 saturated carbocycles. The molecule has 0 saturated heterocycles. The number of nitrogens with one attached hydrogen (secondary N) is 1. The Balaban J connectivity index is 2.19. The second kappa shape index (κ2) is 9.99. The number of amides is 1. The Labute approximate surface area is 153 Å². The fourth-order valence-corrected chi connectivity index (χ4v) is 2.87. The van der Waals surface area contributed by atoms with Gasteiger partial charge in [0, 0.05) is 16.6 Å². The summed E-state index contributed by atoms with van der Waals surface area (Å²) in [5.41, 5.74) is 1.35. The van der Waals surface area contributed by atoms with Crippen molar-refractivity contribution in [3.05, 3.63) is 48.0 Å². The van der Waals surface area contributed by atoms with E-state index in [9.17, 15) is 4.79 Å². The molecule has 0 fully saturated rings. The number of thioether (sulfide) groups is 1. The van der Waals surface area contributed by atoms with Crippen LogP contribution in [-0.2, 0) is 0 Å². The van der Waals surface area contributed by atoms with E-state index in [1.54, 1.807) is 11.8 Å². The van der Waals surface area contributed by atoms with Crippen LogP contribution in [-0.4, -0.2) is 25.4 Å². The Bertz CT molecular complexity index is 703. The SMILES string of the molecule is CCCOc1ccc(NC(=O)c2ccccc2SC)cc1OCCC. The van der Waals surface area contributed by atoms with Gasteiger partial charge in [0.2, 0.25) is 0 Å². The molecule has 0 heterocycles. The molecule has 2 rings (SSSR count). The average Bonchev–Trinajstić information content (AvgIpc) is 2.65. The first-order valence-electron chi connectivity index (χ1n) is 8.53. The second-order valence-electron chi connectivity index (χ2n) is 5.51. The summed E-state index contributed by atoms with van der Waals surface area (Å²) >= 11 is 1.55. The highest BCUT2D eigenvalue weighted by Gasteiger charge is 2.13. The third-order valence-electron chi connectivity index (χ3n) is 3.48. The molecule has 0 unspecified atom stereocenters. The van der Waals surface area contributed by atoms with E-state index < -0.39 is 0 Å². The van der Waals surface area contributed by atoms with Gasteiger partial charge in [-0.1, -0.05) is 26.0 Å². The Morgan fingerprint density at radius 1 is 1.00 bits per heavy atom. The first-order chi connectivity index (χ1) is 12.2. The molecule has 0 aliphatic rings. The number of hydrogen-bond acceptors (Lipinski definition) is 4. The van der Waals surface area contributed by atoms with Crippen LogP contribution < -0.4 is 14.8 Å². The third-order valence-corrected chi connectivity index (χ3v) is 4.27. The van der Waals surface area contributed by atoms with E-state index in [2.05, 4.69) is 19.2 Å². The standard InChI is InChI=1S/C20H25NO3S/c1-4-12-23-17-11-10-15(14-18(17)24-13-5-2)21-20(22)16-8-6-7-9-19(16)25-3/h6-11,14H,4-5,12-13H2,1-3H3,(H,21,22). The van der Waals surface area contributed by atoms with E-state index >= 15 is 0 Å². The molecule has 5 heteroatoms.